The van der Waals surface area contributed by atoms with Crippen LogP contribution in [0.1, 0.15) is 50.5 Å². The fraction of sp³-hybridized carbons (Fsp3) is 0.467. The second-order valence-electron chi connectivity index (χ2n) is 9.63. The standard InChI is InChI=1S/C18H28N2O.C10H11ClN4O2.C2H2/c1-21-17(16-10-6-3-7-11-16)18-19-12-13-20(18)14-15-8-4-2-5-9-15;11-7-3-1-2-6(4-7)5-14-8(12)9(13)15-10(16)17;1-2/h3,6,10,15,17H,2,4-5,7-9,11-14H2,1H3;1-4H,5H2,(H2,12,14)(H2,13,15)(H,16,17);1-2H. The molecule has 9 nitrogen and oxygen atoms in total. The van der Waals surface area contributed by atoms with Gasteiger partial charge in [0, 0.05) is 25.2 Å². The molecular weight excluding hydrogens is 528 g/mol. The number of halogens is 1. The molecule has 1 fully saturated rings. The molecule has 2 aliphatic carbocycles. The molecule has 0 spiro atoms. The summed E-state index contributed by atoms with van der Waals surface area (Å²) in [6.45, 7) is 3.45. The number of methoxy groups -OCH3 is 1. The van der Waals surface area contributed by atoms with Gasteiger partial charge < -0.3 is 26.2 Å². The van der Waals surface area contributed by atoms with Gasteiger partial charge in [-0.05, 0) is 54.9 Å². The predicted octanol–water partition coefficient (Wildman–Crippen LogP) is 5.05. The van der Waals surface area contributed by atoms with E-state index in [0.717, 1.165) is 37.4 Å². The van der Waals surface area contributed by atoms with E-state index < -0.39 is 6.09 Å². The van der Waals surface area contributed by atoms with Gasteiger partial charge in [-0.15, -0.1) is 12.8 Å². The molecule has 1 heterocycles. The number of allylic oxidation sites excluding steroid dienone is 3. The highest BCUT2D eigenvalue weighted by Gasteiger charge is 2.30. The number of rotatable bonds is 7. The number of aliphatic imine (C=N–C) groups is 3. The summed E-state index contributed by atoms with van der Waals surface area (Å²) in [4.78, 5) is 24.5. The number of amidine groups is 3. The molecule has 0 saturated heterocycles. The van der Waals surface area contributed by atoms with Gasteiger partial charge in [-0.3, -0.25) is 9.98 Å². The highest BCUT2D eigenvalue weighted by molar-refractivity contribution is 6.40. The van der Waals surface area contributed by atoms with Crippen molar-refractivity contribution in [2.45, 2.75) is 57.6 Å². The van der Waals surface area contributed by atoms with Crippen LogP contribution >= 0.6 is 11.6 Å². The molecule has 1 aliphatic heterocycles. The van der Waals surface area contributed by atoms with E-state index in [0.29, 0.717) is 5.02 Å². The third-order valence-corrected chi connectivity index (χ3v) is 7.06. The minimum absolute atomic E-state index is 0.0704. The summed E-state index contributed by atoms with van der Waals surface area (Å²) in [6, 6.07) is 7.05. The average Bonchev–Trinajstić information content (AvgIpc) is 3.42. The molecule has 1 amide bonds. The Labute approximate surface area is 242 Å². The summed E-state index contributed by atoms with van der Waals surface area (Å²) in [7, 11) is 1.82. The fourth-order valence-electron chi connectivity index (χ4n) is 4.93. The fourth-order valence-corrected chi connectivity index (χ4v) is 5.14. The topological polar surface area (TPSA) is 139 Å². The quantitative estimate of drug-likeness (QED) is 0.239. The molecule has 3 aliphatic rings. The minimum atomic E-state index is -1.41. The lowest BCUT2D eigenvalue weighted by Gasteiger charge is -2.32. The van der Waals surface area contributed by atoms with Gasteiger partial charge in [0.25, 0.3) is 0 Å². The van der Waals surface area contributed by atoms with Gasteiger partial charge in [0.2, 0.25) is 0 Å². The molecule has 0 bridgehead atoms. The average molecular weight is 569 g/mol. The molecule has 40 heavy (non-hydrogen) atoms. The Morgan fingerprint density at radius 1 is 1.25 bits per heavy atom. The van der Waals surface area contributed by atoms with E-state index in [1.807, 2.05) is 13.2 Å². The maximum absolute atomic E-state index is 10.2. The number of carboxylic acid groups (broad SMARTS) is 1. The lowest BCUT2D eigenvalue weighted by atomic mass is 9.88. The largest absolute Gasteiger partial charge is 0.463 e. The molecule has 0 radical (unpaired) electrons. The van der Waals surface area contributed by atoms with Crippen molar-refractivity contribution in [1.29, 1.82) is 0 Å². The highest BCUT2D eigenvalue weighted by Crippen LogP contribution is 2.27. The van der Waals surface area contributed by atoms with Gasteiger partial charge in [-0.2, -0.15) is 4.99 Å². The van der Waals surface area contributed by atoms with Crippen LogP contribution in [0.15, 0.2) is 63.0 Å². The van der Waals surface area contributed by atoms with Crippen molar-refractivity contribution in [2.75, 3.05) is 26.7 Å². The molecule has 1 unspecified atom stereocenters. The third kappa shape index (κ3) is 10.9. The van der Waals surface area contributed by atoms with Crippen molar-refractivity contribution in [1.82, 2.24) is 4.90 Å². The Hall–Kier alpha value is -3.61. The number of benzene rings is 1. The van der Waals surface area contributed by atoms with Crippen LogP contribution < -0.4 is 11.5 Å². The van der Waals surface area contributed by atoms with Crippen LogP contribution in [0.4, 0.5) is 4.79 Å². The number of carbonyl (C=O) groups is 1. The Balaban J connectivity index is 0.000000270. The van der Waals surface area contributed by atoms with E-state index in [-0.39, 0.29) is 24.3 Å². The van der Waals surface area contributed by atoms with Crippen molar-refractivity contribution in [3.05, 3.63) is 58.7 Å². The zero-order chi connectivity index (χ0) is 29.3. The zero-order valence-corrected chi connectivity index (χ0v) is 24.0. The molecule has 0 aromatic heterocycles. The molecule has 216 valence electrons. The first-order valence-corrected chi connectivity index (χ1v) is 13.9. The lowest BCUT2D eigenvalue weighted by Crippen LogP contribution is -2.41. The summed E-state index contributed by atoms with van der Waals surface area (Å²) in [5, 5.41) is 8.95. The summed E-state index contributed by atoms with van der Waals surface area (Å²) >= 11 is 5.79. The Morgan fingerprint density at radius 2 is 2.00 bits per heavy atom. The number of nitrogens with zero attached hydrogens (tertiary/aromatic N) is 4. The second kappa shape index (κ2) is 17.9. The maximum Gasteiger partial charge on any atom is 0.433 e. The van der Waals surface area contributed by atoms with E-state index in [2.05, 4.69) is 46.0 Å². The lowest BCUT2D eigenvalue weighted by molar-refractivity contribution is 0.164. The molecule has 1 aromatic rings. The van der Waals surface area contributed by atoms with Gasteiger partial charge in [0.15, 0.2) is 11.7 Å². The number of hydrogen-bond acceptors (Lipinski definition) is 5. The maximum atomic E-state index is 10.2. The van der Waals surface area contributed by atoms with Crippen molar-refractivity contribution >= 4 is 35.2 Å². The summed E-state index contributed by atoms with van der Waals surface area (Å²) < 4.78 is 5.82. The minimum Gasteiger partial charge on any atom is -0.463 e. The Bertz CT molecular complexity index is 1140. The van der Waals surface area contributed by atoms with Gasteiger partial charge in [-0.25, -0.2) is 4.79 Å². The first-order chi connectivity index (χ1) is 19.4. The molecule has 4 rings (SSSR count). The smallest absolute Gasteiger partial charge is 0.433 e. The number of ether oxygens (including phenoxy) is 1. The molecule has 10 heteroatoms. The van der Waals surface area contributed by atoms with Gasteiger partial charge in [0.1, 0.15) is 11.9 Å². The summed E-state index contributed by atoms with van der Waals surface area (Å²) in [5.74, 6) is 1.61. The van der Waals surface area contributed by atoms with E-state index in [1.165, 1.54) is 50.1 Å². The SMILES string of the molecule is C#C.COC(C1=CC=CCC1)C1=NCCN1CC1CCCCC1.NC(=NCc1cccc(Cl)c1)/C(N)=N/C(=O)O. The molecule has 5 N–H and O–H groups in total. The first kappa shape index (κ1) is 32.6. The van der Waals surface area contributed by atoms with Crippen molar-refractivity contribution < 1.29 is 14.6 Å². The van der Waals surface area contributed by atoms with Crippen LogP contribution in [-0.4, -0.2) is 66.5 Å². The number of nitrogens with two attached hydrogens (primary N) is 2. The van der Waals surface area contributed by atoms with Crippen LogP contribution in [0, 0.1) is 18.8 Å². The Morgan fingerprint density at radius 3 is 2.62 bits per heavy atom. The van der Waals surface area contributed by atoms with Gasteiger partial charge >= 0.3 is 6.09 Å². The van der Waals surface area contributed by atoms with Crippen LogP contribution in [0.2, 0.25) is 5.02 Å². The van der Waals surface area contributed by atoms with Crippen molar-refractivity contribution in [2.24, 2.45) is 32.4 Å². The summed E-state index contributed by atoms with van der Waals surface area (Å²) in [6.07, 6.45) is 22.5. The molecular formula is C30H41ClN6O3. The van der Waals surface area contributed by atoms with Crippen LogP contribution in [-0.2, 0) is 11.3 Å². The predicted molar refractivity (Wildman–Crippen MR) is 164 cm³/mol. The molecule has 1 atom stereocenters. The van der Waals surface area contributed by atoms with Gasteiger partial charge in [-0.1, -0.05) is 61.2 Å². The Kier molecular flexibility index (Phi) is 14.6. The van der Waals surface area contributed by atoms with Crippen LogP contribution in [0.5, 0.6) is 0 Å². The zero-order valence-electron chi connectivity index (χ0n) is 23.2. The third-order valence-electron chi connectivity index (χ3n) is 6.82. The van der Waals surface area contributed by atoms with Crippen LogP contribution in [0.3, 0.4) is 0 Å². The highest BCUT2D eigenvalue weighted by atomic mass is 35.5. The van der Waals surface area contributed by atoms with E-state index in [4.69, 9.17) is 37.9 Å². The van der Waals surface area contributed by atoms with E-state index >= 15 is 0 Å². The monoisotopic (exact) mass is 568 g/mol. The van der Waals surface area contributed by atoms with Crippen molar-refractivity contribution in [3.63, 3.8) is 0 Å². The first-order valence-electron chi connectivity index (χ1n) is 13.5. The second-order valence-corrected chi connectivity index (χ2v) is 10.1. The molecule has 1 saturated carbocycles. The van der Waals surface area contributed by atoms with E-state index in [9.17, 15) is 4.79 Å². The van der Waals surface area contributed by atoms with Gasteiger partial charge in [0.05, 0.1) is 13.1 Å². The summed E-state index contributed by atoms with van der Waals surface area (Å²) in [5.41, 5.74) is 13.0. The number of terminal acetylenes is 1. The van der Waals surface area contributed by atoms with E-state index in [1.54, 1.807) is 18.2 Å². The van der Waals surface area contributed by atoms with Crippen molar-refractivity contribution in [3.8, 4) is 12.8 Å². The normalized spacial score (nSPS) is 18.4. The number of amides is 1. The number of hydrogen-bond donors (Lipinski definition) is 3. The van der Waals surface area contributed by atoms with Crippen LogP contribution in [0.25, 0.3) is 0 Å². The molecule has 1 aromatic carbocycles.